The number of hydrogen-bond donors (Lipinski definition) is 2. The minimum absolute atomic E-state index is 0.0840. The second-order valence-corrected chi connectivity index (χ2v) is 7.96. The van der Waals surface area contributed by atoms with E-state index in [-0.39, 0.29) is 10.8 Å². The lowest BCUT2D eigenvalue weighted by Crippen LogP contribution is -2.14. The molecule has 0 atom stereocenters. The minimum atomic E-state index is -3.72. The summed E-state index contributed by atoms with van der Waals surface area (Å²) in [6.07, 6.45) is 3.04. The van der Waals surface area contributed by atoms with Crippen LogP contribution in [0.2, 0.25) is 0 Å². The molecule has 0 aliphatic carbocycles. The largest absolute Gasteiger partial charge is 0.322 e. The predicted octanol–water partition coefficient (Wildman–Crippen LogP) is 2.72. The number of thiazole rings is 1. The maximum Gasteiger partial charge on any atom is 0.263 e. The van der Waals surface area contributed by atoms with Gasteiger partial charge in [0, 0.05) is 29.5 Å². The van der Waals surface area contributed by atoms with Gasteiger partial charge in [-0.15, -0.1) is 11.3 Å². The van der Waals surface area contributed by atoms with E-state index in [1.54, 1.807) is 10.1 Å². The van der Waals surface area contributed by atoms with Crippen LogP contribution in [0.25, 0.3) is 0 Å². The van der Waals surface area contributed by atoms with Crippen LogP contribution in [0.1, 0.15) is 23.0 Å². The highest BCUT2D eigenvalue weighted by molar-refractivity contribution is 7.93. The highest BCUT2D eigenvalue weighted by atomic mass is 32.2. The van der Waals surface area contributed by atoms with Gasteiger partial charge in [-0.25, -0.2) is 13.4 Å². The Kier molecular flexibility index (Phi) is 5.05. The number of anilines is 2. The molecular formula is C16H17N5O3S2. The molecule has 0 unspecified atom stereocenters. The SMILES string of the molecule is CCn1ncc(C(=O)Nc2ccc(S(=O)(=O)Nc3nccs3)cc2)c1C. The van der Waals surface area contributed by atoms with Gasteiger partial charge < -0.3 is 5.32 Å². The maximum atomic E-state index is 12.4. The number of aromatic nitrogens is 3. The molecule has 2 heterocycles. The van der Waals surface area contributed by atoms with Crippen LogP contribution in [0.5, 0.6) is 0 Å². The van der Waals surface area contributed by atoms with E-state index in [0.717, 1.165) is 5.69 Å². The van der Waals surface area contributed by atoms with E-state index in [2.05, 4.69) is 20.1 Å². The van der Waals surface area contributed by atoms with E-state index in [1.807, 2.05) is 13.8 Å². The Morgan fingerprint density at radius 3 is 2.58 bits per heavy atom. The number of hydrogen-bond acceptors (Lipinski definition) is 6. The molecular weight excluding hydrogens is 374 g/mol. The third-order valence-electron chi connectivity index (χ3n) is 3.72. The van der Waals surface area contributed by atoms with E-state index >= 15 is 0 Å². The average Bonchev–Trinajstić information content (AvgIpc) is 3.24. The summed E-state index contributed by atoms with van der Waals surface area (Å²) in [5.74, 6) is -0.293. The first-order chi connectivity index (χ1) is 12.4. The summed E-state index contributed by atoms with van der Waals surface area (Å²) in [7, 11) is -3.72. The molecule has 26 heavy (non-hydrogen) atoms. The van der Waals surface area contributed by atoms with Gasteiger partial charge in [0.2, 0.25) is 0 Å². The summed E-state index contributed by atoms with van der Waals surface area (Å²) in [4.78, 5) is 16.3. The van der Waals surface area contributed by atoms with E-state index in [1.165, 1.54) is 48.0 Å². The van der Waals surface area contributed by atoms with Crippen molar-refractivity contribution in [2.24, 2.45) is 0 Å². The first-order valence-electron chi connectivity index (χ1n) is 7.77. The fourth-order valence-electron chi connectivity index (χ4n) is 2.35. The van der Waals surface area contributed by atoms with Crippen LogP contribution in [0, 0.1) is 6.92 Å². The van der Waals surface area contributed by atoms with Crippen molar-refractivity contribution in [2.75, 3.05) is 10.0 Å². The normalized spacial score (nSPS) is 11.3. The molecule has 3 aromatic rings. The van der Waals surface area contributed by atoms with E-state index < -0.39 is 10.0 Å². The lowest BCUT2D eigenvalue weighted by atomic mass is 10.2. The first kappa shape index (κ1) is 18.1. The zero-order valence-electron chi connectivity index (χ0n) is 14.1. The van der Waals surface area contributed by atoms with Crippen LogP contribution in [0.15, 0.2) is 46.9 Å². The number of carbonyl (C=O) groups is 1. The van der Waals surface area contributed by atoms with Gasteiger partial charge in [-0.1, -0.05) is 0 Å². The molecule has 1 amide bonds. The van der Waals surface area contributed by atoms with Crippen LogP contribution in [0.4, 0.5) is 10.8 Å². The van der Waals surface area contributed by atoms with Crippen molar-refractivity contribution < 1.29 is 13.2 Å². The van der Waals surface area contributed by atoms with E-state index in [0.29, 0.717) is 22.9 Å². The Balaban J connectivity index is 1.73. The number of aryl methyl sites for hydroxylation is 1. The minimum Gasteiger partial charge on any atom is -0.322 e. The molecule has 0 saturated heterocycles. The third-order valence-corrected chi connectivity index (χ3v) is 5.90. The molecule has 10 heteroatoms. The Morgan fingerprint density at radius 2 is 2.00 bits per heavy atom. The molecule has 0 aliphatic rings. The smallest absolute Gasteiger partial charge is 0.263 e. The van der Waals surface area contributed by atoms with Crippen LogP contribution in [-0.2, 0) is 16.6 Å². The van der Waals surface area contributed by atoms with Crippen LogP contribution >= 0.6 is 11.3 Å². The molecule has 2 aromatic heterocycles. The predicted molar refractivity (Wildman–Crippen MR) is 100.0 cm³/mol. The van der Waals surface area contributed by atoms with Crippen molar-refractivity contribution in [2.45, 2.75) is 25.3 Å². The average molecular weight is 391 g/mol. The van der Waals surface area contributed by atoms with Crippen molar-refractivity contribution in [3.63, 3.8) is 0 Å². The second kappa shape index (κ2) is 7.26. The summed E-state index contributed by atoms with van der Waals surface area (Å²) < 4.78 is 28.7. The molecule has 0 aliphatic heterocycles. The summed E-state index contributed by atoms with van der Waals surface area (Å²) >= 11 is 1.19. The Labute approximate surface area is 154 Å². The number of rotatable bonds is 6. The number of nitrogens with one attached hydrogen (secondary N) is 2. The van der Waals surface area contributed by atoms with Gasteiger partial charge in [-0.2, -0.15) is 5.10 Å². The highest BCUT2D eigenvalue weighted by Crippen LogP contribution is 2.20. The Hall–Kier alpha value is -2.72. The van der Waals surface area contributed by atoms with E-state index in [4.69, 9.17) is 0 Å². The van der Waals surface area contributed by atoms with Gasteiger partial charge in [-0.05, 0) is 38.1 Å². The van der Waals surface area contributed by atoms with Gasteiger partial charge in [0.05, 0.1) is 16.7 Å². The molecule has 2 N–H and O–H groups in total. The molecule has 8 nitrogen and oxygen atoms in total. The second-order valence-electron chi connectivity index (χ2n) is 5.38. The first-order valence-corrected chi connectivity index (χ1v) is 10.1. The van der Waals surface area contributed by atoms with Crippen LogP contribution in [-0.4, -0.2) is 29.1 Å². The zero-order valence-corrected chi connectivity index (χ0v) is 15.8. The number of amides is 1. The molecule has 136 valence electrons. The van der Waals surface area contributed by atoms with E-state index in [9.17, 15) is 13.2 Å². The topological polar surface area (TPSA) is 106 Å². The number of carbonyl (C=O) groups excluding carboxylic acids is 1. The van der Waals surface area contributed by atoms with Crippen molar-refractivity contribution in [3.05, 3.63) is 53.3 Å². The van der Waals surface area contributed by atoms with Crippen molar-refractivity contribution in [1.82, 2.24) is 14.8 Å². The van der Waals surface area contributed by atoms with Crippen LogP contribution in [0.3, 0.4) is 0 Å². The monoisotopic (exact) mass is 391 g/mol. The van der Waals surface area contributed by atoms with Crippen molar-refractivity contribution >= 4 is 38.1 Å². The molecule has 1 aromatic carbocycles. The molecule has 3 rings (SSSR count). The van der Waals surface area contributed by atoms with Gasteiger partial charge >= 0.3 is 0 Å². The molecule has 0 radical (unpaired) electrons. The van der Waals surface area contributed by atoms with Gasteiger partial charge in [-0.3, -0.25) is 14.2 Å². The van der Waals surface area contributed by atoms with Gasteiger partial charge in [0.15, 0.2) is 5.13 Å². The summed E-state index contributed by atoms with van der Waals surface area (Å²) in [5, 5.41) is 8.86. The zero-order chi connectivity index (χ0) is 18.7. The number of benzene rings is 1. The Morgan fingerprint density at radius 1 is 1.27 bits per heavy atom. The lowest BCUT2D eigenvalue weighted by Gasteiger charge is -2.08. The highest BCUT2D eigenvalue weighted by Gasteiger charge is 2.17. The third kappa shape index (κ3) is 3.75. The van der Waals surface area contributed by atoms with Crippen molar-refractivity contribution in [1.29, 1.82) is 0 Å². The summed E-state index contributed by atoms with van der Waals surface area (Å²) in [6.45, 7) is 4.45. The molecule has 0 fully saturated rings. The molecule has 0 bridgehead atoms. The van der Waals surface area contributed by atoms with Crippen LogP contribution < -0.4 is 10.0 Å². The summed E-state index contributed by atoms with van der Waals surface area (Å²) in [6, 6.07) is 5.92. The van der Waals surface area contributed by atoms with Crippen molar-refractivity contribution in [3.8, 4) is 0 Å². The fourth-order valence-corrected chi connectivity index (χ4v) is 4.14. The quantitative estimate of drug-likeness (QED) is 0.672. The molecule has 0 spiro atoms. The number of sulfonamides is 1. The van der Waals surface area contributed by atoms with Gasteiger partial charge in [0.25, 0.3) is 15.9 Å². The standard InChI is InChI=1S/C16H17N5O3S2/c1-3-21-11(2)14(10-18-21)15(22)19-12-4-6-13(7-5-12)26(23,24)20-16-17-8-9-25-16/h4-10H,3H2,1-2H3,(H,17,20)(H,19,22). The lowest BCUT2D eigenvalue weighted by molar-refractivity contribution is 0.102. The number of nitrogens with zero attached hydrogens (tertiary/aromatic N) is 3. The van der Waals surface area contributed by atoms with Gasteiger partial charge in [0.1, 0.15) is 0 Å². The Bertz CT molecular complexity index is 1010. The maximum absolute atomic E-state index is 12.4. The fraction of sp³-hybridized carbons (Fsp3) is 0.188. The molecule has 0 saturated carbocycles. The summed E-state index contributed by atoms with van der Waals surface area (Å²) in [5.41, 5.74) is 1.75.